The van der Waals surface area contributed by atoms with Crippen LogP contribution in [0.3, 0.4) is 0 Å². The Morgan fingerprint density at radius 3 is 2.75 bits per heavy atom. The van der Waals surface area contributed by atoms with E-state index in [1.807, 2.05) is 0 Å². The Bertz CT molecular complexity index is 340. The number of nitrogens with zero attached hydrogens (tertiary/aromatic N) is 1. The van der Waals surface area contributed by atoms with Gasteiger partial charge in [-0.1, -0.05) is 27.7 Å². The highest BCUT2D eigenvalue weighted by molar-refractivity contribution is 5.29. The molecule has 2 atom stereocenters. The minimum Gasteiger partial charge on any atom is -0.365 e. The van der Waals surface area contributed by atoms with Crippen molar-refractivity contribution in [1.29, 1.82) is 0 Å². The Morgan fingerprint density at radius 1 is 1.44 bits per heavy atom. The van der Waals surface area contributed by atoms with Crippen molar-refractivity contribution in [2.45, 2.75) is 52.6 Å². The van der Waals surface area contributed by atoms with Crippen molar-refractivity contribution in [3.63, 3.8) is 0 Å². The van der Waals surface area contributed by atoms with E-state index in [0.29, 0.717) is 18.0 Å². The second-order valence-electron chi connectivity index (χ2n) is 5.20. The zero-order valence-electron chi connectivity index (χ0n) is 11.0. The number of fused-ring (bicyclic) bond motifs is 1. The molecule has 2 nitrogen and oxygen atoms in total. The minimum atomic E-state index is 0.602. The van der Waals surface area contributed by atoms with Gasteiger partial charge >= 0.3 is 0 Å². The molecule has 0 saturated carbocycles. The second-order valence-corrected chi connectivity index (χ2v) is 5.20. The van der Waals surface area contributed by atoms with E-state index in [1.54, 1.807) is 0 Å². The standard InChI is InChI=1S/C14H24N2/c1-5-11-9-13-12(7-8-15-13)14(10(3)4)16(11)6-2/h7-8,10-11,14-15H,5-6,9H2,1-4H3/t11-,14-/m0/s1. The first-order valence-electron chi connectivity index (χ1n) is 6.60. The number of aromatic nitrogens is 1. The molecular formula is C14H24N2. The predicted octanol–water partition coefficient (Wildman–Crippen LogP) is 3.37. The van der Waals surface area contributed by atoms with Crippen LogP contribution in [0.15, 0.2) is 12.3 Å². The lowest BCUT2D eigenvalue weighted by atomic mass is 9.86. The maximum absolute atomic E-state index is 3.42. The van der Waals surface area contributed by atoms with E-state index in [4.69, 9.17) is 0 Å². The van der Waals surface area contributed by atoms with Crippen LogP contribution in [0.5, 0.6) is 0 Å². The maximum Gasteiger partial charge on any atom is 0.0391 e. The summed E-state index contributed by atoms with van der Waals surface area (Å²) in [6, 6.07) is 3.59. The van der Waals surface area contributed by atoms with Gasteiger partial charge in [0.15, 0.2) is 0 Å². The molecule has 0 spiro atoms. The summed E-state index contributed by atoms with van der Waals surface area (Å²) < 4.78 is 0. The van der Waals surface area contributed by atoms with Crippen LogP contribution in [0.4, 0.5) is 0 Å². The van der Waals surface area contributed by atoms with Gasteiger partial charge in [0.25, 0.3) is 0 Å². The second kappa shape index (κ2) is 4.62. The van der Waals surface area contributed by atoms with E-state index in [2.05, 4.69) is 49.8 Å². The molecule has 0 amide bonds. The molecule has 0 aliphatic carbocycles. The van der Waals surface area contributed by atoms with Crippen molar-refractivity contribution < 1.29 is 0 Å². The molecule has 0 aromatic carbocycles. The first-order valence-corrected chi connectivity index (χ1v) is 6.60. The first-order chi connectivity index (χ1) is 7.69. The molecule has 1 aromatic heterocycles. The number of aromatic amines is 1. The van der Waals surface area contributed by atoms with Crippen molar-refractivity contribution in [3.05, 3.63) is 23.5 Å². The van der Waals surface area contributed by atoms with Crippen LogP contribution >= 0.6 is 0 Å². The summed E-state index contributed by atoms with van der Waals surface area (Å²) in [4.78, 5) is 6.11. The zero-order valence-corrected chi connectivity index (χ0v) is 11.0. The molecule has 1 aliphatic heterocycles. The average molecular weight is 220 g/mol. The Labute approximate surface area is 99.0 Å². The predicted molar refractivity (Wildman–Crippen MR) is 68.5 cm³/mol. The number of hydrogen-bond donors (Lipinski definition) is 1. The molecule has 0 radical (unpaired) electrons. The molecule has 1 aromatic rings. The lowest BCUT2D eigenvalue weighted by Crippen LogP contribution is -2.45. The van der Waals surface area contributed by atoms with E-state index in [1.165, 1.54) is 24.1 Å². The van der Waals surface area contributed by atoms with Crippen LogP contribution in [0.1, 0.15) is 51.4 Å². The zero-order chi connectivity index (χ0) is 11.7. The molecular weight excluding hydrogens is 196 g/mol. The molecule has 0 fully saturated rings. The topological polar surface area (TPSA) is 19.0 Å². The van der Waals surface area contributed by atoms with Crippen LogP contribution in [0, 0.1) is 5.92 Å². The van der Waals surface area contributed by atoms with E-state index < -0.39 is 0 Å². The summed E-state index contributed by atoms with van der Waals surface area (Å²) in [5, 5.41) is 0. The summed E-state index contributed by atoms with van der Waals surface area (Å²) in [5.41, 5.74) is 3.00. The van der Waals surface area contributed by atoms with Crippen molar-refractivity contribution in [1.82, 2.24) is 9.88 Å². The summed E-state index contributed by atoms with van der Waals surface area (Å²) in [7, 11) is 0. The van der Waals surface area contributed by atoms with Gasteiger partial charge in [-0.25, -0.2) is 0 Å². The highest BCUT2D eigenvalue weighted by atomic mass is 15.2. The van der Waals surface area contributed by atoms with Gasteiger partial charge in [0.05, 0.1) is 0 Å². The number of rotatable bonds is 3. The third kappa shape index (κ3) is 1.80. The van der Waals surface area contributed by atoms with Crippen molar-refractivity contribution in [3.8, 4) is 0 Å². The van der Waals surface area contributed by atoms with Gasteiger partial charge in [0, 0.05) is 30.4 Å². The van der Waals surface area contributed by atoms with Crippen molar-refractivity contribution >= 4 is 0 Å². The van der Waals surface area contributed by atoms with Crippen molar-refractivity contribution in [2.24, 2.45) is 5.92 Å². The lowest BCUT2D eigenvalue weighted by molar-refractivity contribution is 0.0893. The molecule has 1 aliphatic rings. The summed E-state index contributed by atoms with van der Waals surface area (Å²) in [5.74, 6) is 0.684. The largest absolute Gasteiger partial charge is 0.365 e. The Morgan fingerprint density at radius 2 is 2.19 bits per heavy atom. The molecule has 1 N–H and O–H groups in total. The molecule has 16 heavy (non-hydrogen) atoms. The van der Waals surface area contributed by atoms with E-state index >= 15 is 0 Å². The minimum absolute atomic E-state index is 0.602. The molecule has 0 bridgehead atoms. The Balaban J connectivity index is 2.38. The molecule has 2 rings (SSSR count). The molecule has 0 unspecified atom stereocenters. The molecule has 90 valence electrons. The van der Waals surface area contributed by atoms with Crippen LogP contribution < -0.4 is 0 Å². The molecule has 2 heterocycles. The number of hydrogen-bond acceptors (Lipinski definition) is 1. The van der Waals surface area contributed by atoms with Gasteiger partial charge in [-0.2, -0.15) is 0 Å². The average Bonchev–Trinajstić information content (AvgIpc) is 2.73. The fourth-order valence-corrected chi connectivity index (χ4v) is 3.20. The van der Waals surface area contributed by atoms with Crippen LogP contribution in [0.2, 0.25) is 0 Å². The highest BCUT2D eigenvalue weighted by Crippen LogP contribution is 2.37. The normalized spacial score (nSPS) is 26.1. The van der Waals surface area contributed by atoms with E-state index in [9.17, 15) is 0 Å². The summed E-state index contributed by atoms with van der Waals surface area (Å²) in [6.07, 6.45) is 4.54. The third-order valence-electron chi connectivity index (χ3n) is 3.92. The fourth-order valence-electron chi connectivity index (χ4n) is 3.20. The van der Waals surface area contributed by atoms with Crippen LogP contribution in [-0.4, -0.2) is 22.5 Å². The number of nitrogens with one attached hydrogen (secondary N) is 1. The van der Waals surface area contributed by atoms with Gasteiger partial charge in [-0.05, 0) is 30.5 Å². The summed E-state index contributed by atoms with van der Waals surface area (Å²) in [6.45, 7) is 10.4. The van der Waals surface area contributed by atoms with E-state index in [0.717, 1.165) is 6.54 Å². The number of likely N-dealkylation sites (N-methyl/N-ethyl adjacent to an activating group) is 1. The molecule has 2 heteroatoms. The third-order valence-corrected chi connectivity index (χ3v) is 3.92. The van der Waals surface area contributed by atoms with Gasteiger partial charge < -0.3 is 4.98 Å². The quantitative estimate of drug-likeness (QED) is 0.827. The lowest BCUT2D eigenvalue weighted by Gasteiger charge is -2.43. The smallest absolute Gasteiger partial charge is 0.0391 e. The first kappa shape index (κ1) is 11.7. The maximum atomic E-state index is 3.42. The molecule has 0 saturated heterocycles. The van der Waals surface area contributed by atoms with Gasteiger partial charge in [-0.15, -0.1) is 0 Å². The van der Waals surface area contributed by atoms with Gasteiger partial charge in [-0.3, -0.25) is 4.90 Å². The van der Waals surface area contributed by atoms with Crippen molar-refractivity contribution in [2.75, 3.05) is 6.54 Å². The SMILES string of the molecule is CC[C@H]1Cc2[nH]ccc2[C@H](C(C)C)N1CC. The van der Waals surface area contributed by atoms with E-state index in [-0.39, 0.29) is 0 Å². The van der Waals surface area contributed by atoms with Crippen LogP contribution in [-0.2, 0) is 6.42 Å². The van der Waals surface area contributed by atoms with Crippen LogP contribution in [0.25, 0.3) is 0 Å². The Hall–Kier alpha value is -0.760. The van der Waals surface area contributed by atoms with Gasteiger partial charge in [0.2, 0.25) is 0 Å². The summed E-state index contributed by atoms with van der Waals surface area (Å²) >= 11 is 0. The Kier molecular flexibility index (Phi) is 3.38. The monoisotopic (exact) mass is 220 g/mol. The fraction of sp³-hybridized carbons (Fsp3) is 0.714. The highest BCUT2D eigenvalue weighted by Gasteiger charge is 2.34. The number of H-pyrrole nitrogens is 1. The van der Waals surface area contributed by atoms with Gasteiger partial charge in [0.1, 0.15) is 0 Å².